The van der Waals surface area contributed by atoms with Gasteiger partial charge in [0.1, 0.15) is 0 Å². The highest BCUT2D eigenvalue weighted by molar-refractivity contribution is 7.14. The van der Waals surface area contributed by atoms with E-state index >= 15 is 0 Å². The summed E-state index contributed by atoms with van der Waals surface area (Å²) in [4.78, 5) is 16.5. The fourth-order valence-corrected chi connectivity index (χ4v) is 3.49. The van der Waals surface area contributed by atoms with Crippen molar-refractivity contribution in [3.63, 3.8) is 0 Å². The fraction of sp³-hybridized carbons (Fsp3) is 0.158. The number of carbonyl (C=O) groups excluding carboxylic acids is 1. The number of ether oxygens (including phenoxy) is 1. The molecule has 0 fully saturated rings. The number of nitrogens with zero attached hydrogens (tertiary/aromatic N) is 1. The number of aryl methyl sites for hydroxylation is 1. The van der Waals surface area contributed by atoms with Gasteiger partial charge in [0, 0.05) is 16.5 Å². The Morgan fingerprint density at radius 3 is 2.75 bits per heavy atom. The SMILES string of the molecule is CCc1ccc(-c2csc(NC3OC(=O)c4ccccc43)n2)cc1. The molecule has 3 aromatic rings. The standard InChI is InChI=1S/C19H16N2O2S/c1-2-12-7-9-13(10-8-12)16-11-24-19(20-16)21-17-14-5-3-4-6-15(14)18(22)23-17/h3-11,17H,2H2,1H3,(H,20,21). The lowest BCUT2D eigenvalue weighted by atomic mass is 10.1. The second kappa shape index (κ2) is 6.09. The maximum absolute atomic E-state index is 11.9. The number of carbonyl (C=O) groups is 1. The first kappa shape index (κ1) is 14.9. The number of fused-ring (bicyclic) bond motifs is 1. The smallest absolute Gasteiger partial charge is 0.340 e. The molecule has 5 heteroatoms. The van der Waals surface area contributed by atoms with Crippen LogP contribution in [0.3, 0.4) is 0 Å². The Labute approximate surface area is 144 Å². The van der Waals surface area contributed by atoms with Crippen LogP contribution in [0.25, 0.3) is 11.3 Å². The lowest BCUT2D eigenvalue weighted by molar-refractivity contribution is 0.0437. The number of aromatic nitrogens is 1. The molecule has 0 bridgehead atoms. The van der Waals surface area contributed by atoms with Crippen LogP contribution in [-0.4, -0.2) is 11.0 Å². The molecule has 1 unspecified atom stereocenters. The van der Waals surface area contributed by atoms with Crippen molar-refractivity contribution < 1.29 is 9.53 Å². The van der Waals surface area contributed by atoms with Gasteiger partial charge in [-0.15, -0.1) is 11.3 Å². The van der Waals surface area contributed by atoms with Crippen LogP contribution in [0.15, 0.2) is 53.9 Å². The fourth-order valence-electron chi connectivity index (χ4n) is 2.75. The lowest BCUT2D eigenvalue weighted by Crippen LogP contribution is -2.09. The largest absolute Gasteiger partial charge is 0.434 e. The van der Waals surface area contributed by atoms with E-state index in [1.165, 1.54) is 16.9 Å². The molecule has 0 radical (unpaired) electrons. The number of cyclic esters (lactones) is 1. The van der Waals surface area contributed by atoms with E-state index in [2.05, 4.69) is 41.5 Å². The molecular formula is C19H16N2O2S. The van der Waals surface area contributed by atoms with Crippen molar-refractivity contribution in [2.24, 2.45) is 0 Å². The zero-order valence-electron chi connectivity index (χ0n) is 13.2. The molecule has 2 aromatic carbocycles. The molecule has 1 aromatic heterocycles. The topological polar surface area (TPSA) is 51.2 Å². The van der Waals surface area contributed by atoms with Gasteiger partial charge in [0.2, 0.25) is 6.23 Å². The minimum atomic E-state index is -0.477. The summed E-state index contributed by atoms with van der Waals surface area (Å²) >= 11 is 1.50. The van der Waals surface area contributed by atoms with Gasteiger partial charge in [0.05, 0.1) is 11.3 Å². The van der Waals surface area contributed by atoms with Gasteiger partial charge < -0.3 is 10.1 Å². The number of hydrogen-bond donors (Lipinski definition) is 1. The van der Waals surface area contributed by atoms with E-state index < -0.39 is 6.23 Å². The maximum Gasteiger partial charge on any atom is 0.340 e. The normalized spacial score (nSPS) is 15.9. The zero-order valence-corrected chi connectivity index (χ0v) is 14.0. The van der Waals surface area contributed by atoms with Crippen molar-refractivity contribution in [2.45, 2.75) is 19.6 Å². The first-order valence-corrected chi connectivity index (χ1v) is 8.74. The summed E-state index contributed by atoms with van der Waals surface area (Å²) in [5.74, 6) is -0.296. The quantitative estimate of drug-likeness (QED) is 0.704. The number of thiazole rings is 1. The highest BCUT2D eigenvalue weighted by atomic mass is 32.1. The van der Waals surface area contributed by atoms with E-state index in [9.17, 15) is 4.79 Å². The third-order valence-corrected chi connectivity index (χ3v) is 4.88. The van der Waals surface area contributed by atoms with Crippen LogP contribution in [0, 0.1) is 0 Å². The van der Waals surface area contributed by atoms with Gasteiger partial charge in [-0.1, -0.05) is 49.4 Å². The Morgan fingerprint density at radius 2 is 1.96 bits per heavy atom. The minimum Gasteiger partial charge on any atom is -0.434 e. The Balaban J connectivity index is 1.55. The van der Waals surface area contributed by atoms with Crippen LogP contribution in [0.5, 0.6) is 0 Å². The Hall–Kier alpha value is -2.66. The summed E-state index contributed by atoms with van der Waals surface area (Å²) in [5.41, 5.74) is 4.78. The molecule has 1 aliphatic heterocycles. The molecule has 0 saturated carbocycles. The monoisotopic (exact) mass is 336 g/mol. The number of esters is 1. The van der Waals surface area contributed by atoms with Crippen molar-refractivity contribution in [1.29, 1.82) is 0 Å². The van der Waals surface area contributed by atoms with E-state index in [0.29, 0.717) is 5.56 Å². The summed E-state index contributed by atoms with van der Waals surface area (Å²) in [6.07, 6.45) is 0.548. The van der Waals surface area contributed by atoms with Crippen molar-refractivity contribution in [2.75, 3.05) is 5.32 Å². The van der Waals surface area contributed by atoms with E-state index in [0.717, 1.165) is 28.4 Å². The third-order valence-electron chi connectivity index (χ3n) is 4.10. The van der Waals surface area contributed by atoms with E-state index in [1.54, 1.807) is 6.07 Å². The molecule has 1 aliphatic rings. The Kier molecular flexibility index (Phi) is 3.78. The number of anilines is 1. The third kappa shape index (κ3) is 2.67. The average Bonchev–Trinajstić information content (AvgIpc) is 3.21. The lowest BCUT2D eigenvalue weighted by Gasteiger charge is -2.11. The van der Waals surface area contributed by atoms with Gasteiger partial charge in [-0.25, -0.2) is 9.78 Å². The molecular weight excluding hydrogens is 320 g/mol. The first-order valence-electron chi connectivity index (χ1n) is 7.86. The van der Waals surface area contributed by atoms with Gasteiger partial charge in [-0.3, -0.25) is 0 Å². The second-order valence-corrected chi connectivity index (χ2v) is 6.46. The number of rotatable bonds is 4. The zero-order chi connectivity index (χ0) is 16.5. The van der Waals surface area contributed by atoms with Crippen LogP contribution in [0.2, 0.25) is 0 Å². The van der Waals surface area contributed by atoms with Crippen LogP contribution in [-0.2, 0) is 11.2 Å². The molecule has 4 rings (SSSR count). The summed E-state index contributed by atoms with van der Waals surface area (Å²) in [5, 5.41) is 5.95. The van der Waals surface area contributed by atoms with Crippen molar-refractivity contribution in [3.05, 3.63) is 70.6 Å². The molecule has 0 aliphatic carbocycles. The number of hydrogen-bond acceptors (Lipinski definition) is 5. The molecule has 2 heterocycles. The van der Waals surface area contributed by atoms with Crippen LogP contribution in [0.4, 0.5) is 5.13 Å². The molecule has 1 N–H and O–H groups in total. The number of benzene rings is 2. The highest BCUT2D eigenvalue weighted by Gasteiger charge is 2.30. The van der Waals surface area contributed by atoms with E-state index in [1.807, 2.05) is 23.6 Å². The van der Waals surface area contributed by atoms with Gasteiger partial charge >= 0.3 is 5.97 Å². The second-order valence-electron chi connectivity index (χ2n) is 5.61. The van der Waals surface area contributed by atoms with Gasteiger partial charge in [-0.05, 0) is 18.1 Å². The Morgan fingerprint density at radius 1 is 1.17 bits per heavy atom. The summed E-state index contributed by atoms with van der Waals surface area (Å²) in [7, 11) is 0. The molecule has 120 valence electrons. The van der Waals surface area contributed by atoms with E-state index in [4.69, 9.17) is 4.74 Å². The summed E-state index contributed by atoms with van der Waals surface area (Å²) < 4.78 is 5.40. The van der Waals surface area contributed by atoms with Crippen LogP contribution in [0.1, 0.15) is 34.6 Å². The predicted molar refractivity (Wildman–Crippen MR) is 95.1 cm³/mol. The van der Waals surface area contributed by atoms with Gasteiger partial charge in [-0.2, -0.15) is 0 Å². The summed E-state index contributed by atoms with van der Waals surface area (Å²) in [6.45, 7) is 2.14. The Bertz CT molecular complexity index is 886. The number of nitrogens with one attached hydrogen (secondary N) is 1. The first-order chi connectivity index (χ1) is 11.7. The van der Waals surface area contributed by atoms with Crippen LogP contribution < -0.4 is 5.32 Å². The minimum absolute atomic E-state index is 0.296. The maximum atomic E-state index is 11.9. The van der Waals surface area contributed by atoms with Crippen LogP contribution >= 0.6 is 11.3 Å². The van der Waals surface area contributed by atoms with Gasteiger partial charge in [0.15, 0.2) is 5.13 Å². The molecule has 4 nitrogen and oxygen atoms in total. The van der Waals surface area contributed by atoms with Gasteiger partial charge in [0.25, 0.3) is 0 Å². The molecule has 0 spiro atoms. The molecule has 0 saturated heterocycles. The highest BCUT2D eigenvalue weighted by Crippen LogP contribution is 2.33. The average molecular weight is 336 g/mol. The van der Waals surface area contributed by atoms with E-state index in [-0.39, 0.29) is 5.97 Å². The van der Waals surface area contributed by atoms with Crippen molar-refractivity contribution in [3.8, 4) is 11.3 Å². The molecule has 1 atom stereocenters. The van der Waals surface area contributed by atoms with Crippen molar-refractivity contribution >= 4 is 22.4 Å². The molecule has 24 heavy (non-hydrogen) atoms. The summed E-state index contributed by atoms with van der Waals surface area (Å²) in [6, 6.07) is 15.8. The van der Waals surface area contributed by atoms with Crippen molar-refractivity contribution in [1.82, 2.24) is 4.98 Å². The predicted octanol–water partition coefficient (Wildman–Crippen LogP) is 4.65. The molecule has 0 amide bonds.